The van der Waals surface area contributed by atoms with Gasteiger partial charge >= 0.3 is 0 Å². The summed E-state index contributed by atoms with van der Waals surface area (Å²) in [5.74, 6) is -0.531. The smallest absolute Gasteiger partial charge is 0.241 e. The molecule has 0 aliphatic carbocycles. The number of carbonyl (C=O) groups is 1. The molecule has 0 bridgehead atoms. The average Bonchev–Trinajstić information content (AvgIpc) is 2.70. The van der Waals surface area contributed by atoms with E-state index in [0.717, 1.165) is 5.69 Å². The first-order valence-electron chi connectivity index (χ1n) is 9.34. The molecular formula is C20H25FN4O3S. The standard InChI is InChI=1S/C20H25FN4O3S/c1-14-3-4-16(13-19(14)21)23-20(26)15(2)24-9-11-25(12-10-24)17-5-7-18(8-6-17)29(22,27)28/h3-8,13,15H,9-12H2,1-2H3,(H,23,26)(H2,22,27,28). The zero-order valence-electron chi connectivity index (χ0n) is 16.4. The summed E-state index contributed by atoms with van der Waals surface area (Å²) < 4.78 is 36.4. The maximum absolute atomic E-state index is 13.7. The predicted molar refractivity (Wildman–Crippen MR) is 111 cm³/mol. The molecule has 2 aromatic rings. The molecule has 9 heteroatoms. The van der Waals surface area contributed by atoms with Gasteiger partial charge in [0.1, 0.15) is 5.82 Å². The summed E-state index contributed by atoms with van der Waals surface area (Å²) in [4.78, 5) is 16.8. The number of nitrogens with zero attached hydrogens (tertiary/aromatic N) is 2. The zero-order chi connectivity index (χ0) is 21.2. The van der Waals surface area contributed by atoms with Crippen molar-refractivity contribution in [2.75, 3.05) is 36.4 Å². The van der Waals surface area contributed by atoms with E-state index in [1.165, 1.54) is 18.2 Å². The van der Waals surface area contributed by atoms with Crippen molar-refractivity contribution in [2.45, 2.75) is 24.8 Å². The number of nitrogens with one attached hydrogen (secondary N) is 1. The summed E-state index contributed by atoms with van der Waals surface area (Å²) in [6.07, 6.45) is 0. The van der Waals surface area contributed by atoms with Gasteiger partial charge in [0.2, 0.25) is 15.9 Å². The first-order chi connectivity index (χ1) is 13.6. The van der Waals surface area contributed by atoms with Crippen molar-refractivity contribution < 1.29 is 17.6 Å². The third kappa shape index (κ3) is 5.11. The van der Waals surface area contributed by atoms with Gasteiger partial charge in [-0.05, 0) is 55.8 Å². The Morgan fingerprint density at radius 2 is 1.72 bits per heavy atom. The number of halogens is 1. The van der Waals surface area contributed by atoms with Crippen LogP contribution in [0.15, 0.2) is 47.4 Å². The van der Waals surface area contributed by atoms with Crippen LogP contribution < -0.4 is 15.4 Å². The van der Waals surface area contributed by atoms with Gasteiger partial charge in [0.25, 0.3) is 0 Å². The first-order valence-corrected chi connectivity index (χ1v) is 10.9. The van der Waals surface area contributed by atoms with E-state index in [1.807, 2.05) is 6.92 Å². The molecule has 1 fully saturated rings. The van der Waals surface area contributed by atoms with Gasteiger partial charge in [-0.25, -0.2) is 17.9 Å². The van der Waals surface area contributed by atoms with Crippen molar-refractivity contribution in [1.29, 1.82) is 0 Å². The number of amides is 1. The second kappa shape index (κ2) is 8.48. The number of rotatable bonds is 5. The first kappa shape index (κ1) is 21.2. The molecule has 1 unspecified atom stereocenters. The van der Waals surface area contributed by atoms with Gasteiger partial charge in [-0.2, -0.15) is 0 Å². The highest BCUT2D eigenvalue weighted by Gasteiger charge is 2.26. The summed E-state index contributed by atoms with van der Waals surface area (Å²) in [5, 5.41) is 7.90. The van der Waals surface area contributed by atoms with Gasteiger partial charge in [-0.3, -0.25) is 9.69 Å². The third-order valence-electron chi connectivity index (χ3n) is 5.21. The molecular weight excluding hydrogens is 395 g/mol. The monoisotopic (exact) mass is 420 g/mol. The van der Waals surface area contributed by atoms with Gasteiger partial charge in [-0.1, -0.05) is 6.07 Å². The number of hydrogen-bond acceptors (Lipinski definition) is 5. The van der Waals surface area contributed by atoms with Crippen molar-refractivity contribution in [3.05, 3.63) is 53.8 Å². The summed E-state index contributed by atoms with van der Waals surface area (Å²) in [6.45, 7) is 6.25. The van der Waals surface area contributed by atoms with Crippen LogP contribution in [0, 0.1) is 12.7 Å². The van der Waals surface area contributed by atoms with Crippen LogP contribution in [-0.2, 0) is 14.8 Å². The van der Waals surface area contributed by atoms with Crippen LogP contribution in [0.1, 0.15) is 12.5 Å². The van der Waals surface area contributed by atoms with Crippen molar-refractivity contribution in [3.63, 3.8) is 0 Å². The number of nitrogens with two attached hydrogens (primary N) is 1. The number of benzene rings is 2. The third-order valence-corrected chi connectivity index (χ3v) is 6.14. The number of aryl methyl sites for hydroxylation is 1. The predicted octanol–water partition coefficient (Wildman–Crippen LogP) is 1.93. The molecule has 156 valence electrons. The summed E-state index contributed by atoms with van der Waals surface area (Å²) in [7, 11) is -3.71. The Morgan fingerprint density at radius 3 is 2.28 bits per heavy atom. The van der Waals surface area contributed by atoms with Crippen molar-refractivity contribution >= 4 is 27.3 Å². The van der Waals surface area contributed by atoms with Crippen LogP contribution in [0.3, 0.4) is 0 Å². The minimum atomic E-state index is -3.71. The molecule has 2 aromatic carbocycles. The molecule has 1 atom stereocenters. The molecule has 0 spiro atoms. The normalized spacial score (nSPS) is 16.5. The van der Waals surface area contributed by atoms with Crippen LogP contribution in [0.25, 0.3) is 0 Å². The summed E-state index contributed by atoms with van der Waals surface area (Å²) in [6, 6.07) is 10.7. The van der Waals surface area contributed by atoms with Crippen molar-refractivity contribution in [2.24, 2.45) is 5.14 Å². The van der Waals surface area contributed by atoms with Crippen molar-refractivity contribution in [3.8, 4) is 0 Å². The minimum absolute atomic E-state index is 0.0812. The Bertz CT molecular complexity index is 987. The lowest BCUT2D eigenvalue weighted by molar-refractivity contribution is -0.120. The topological polar surface area (TPSA) is 95.7 Å². The number of anilines is 2. The molecule has 3 rings (SSSR count). The van der Waals surface area contributed by atoms with E-state index in [2.05, 4.69) is 15.1 Å². The second-order valence-corrected chi connectivity index (χ2v) is 8.75. The molecule has 3 N–H and O–H groups in total. The Morgan fingerprint density at radius 1 is 1.10 bits per heavy atom. The van der Waals surface area contributed by atoms with Gasteiger partial charge in [0, 0.05) is 37.6 Å². The molecule has 1 aliphatic heterocycles. The highest BCUT2D eigenvalue weighted by Crippen LogP contribution is 2.20. The van der Waals surface area contributed by atoms with E-state index in [1.54, 1.807) is 31.2 Å². The van der Waals surface area contributed by atoms with Crippen LogP contribution in [0.2, 0.25) is 0 Å². The van der Waals surface area contributed by atoms with Gasteiger partial charge in [0.15, 0.2) is 0 Å². The van der Waals surface area contributed by atoms with E-state index in [0.29, 0.717) is 37.4 Å². The highest BCUT2D eigenvalue weighted by atomic mass is 32.2. The molecule has 1 amide bonds. The van der Waals surface area contributed by atoms with E-state index >= 15 is 0 Å². The average molecular weight is 421 g/mol. The van der Waals surface area contributed by atoms with Crippen LogP contribution in [-0.4, -0.2) is 51.4 Å². The maximum atomic E-state index is 13.7. The van der Waals surface area contributed by atoms with E-state index in [9.17, 15) is 17.6 Å². The fraction of sp³-hybridized carbons (Fsp3) is 0.350. The molecule has 0 radical (unpaired) electrons. The van der Waals surface area contributed by atoms with Crippen LogP contribution >= 0.6 is 0 Å². The van der Waals surface area contributed by atoms with E-state index in [-0.39, 0.29) is 22.7 Å². The summed E-state index contributed by atoms with van der Waals surface area (Å²) >= 11 is 0. The molecule has 1 saturated heterocycles. The number of piperazine rings is 1. The fourth-order valence-corrected chi connectivity index (χ4v) is 3.81. The maximum Gasteiger partial charge on any atom is 0.241 e. The van der Waals surface area contributed by atoms with E-state index < -0.39 is 10.0 Å². The Hall–Kier alpha value is -2.49. The lowest BCUT2D eigenvalue weighted by atomic mass is 10.1. The second-order valence-electron chi connectivity index (χ2n) is 7.19. The van der Waals surface area contributed by atoms with Gasteiger partial charge in [-0.15, -0.1) is 0 Å². The zero-order valence-corrected chi connectivity index (χ0v) is 17.2. The number of primary sulfonamides is 1. The van der Waals surface area contributed by atoms with Crippen LogP contribution in [0.5, 0.6) is 0 Å². The fourth-order valence-electron chi connectivity index (χ4n) is 3.30. The van der Waals surface area contributed by atoms with Crippen molar-refractivity contribution in [1.82, 2.24) is 4.90 Å². The SMILES string of the molecule is Cc1ccc(NC(=O)C(C)N2CCN(c3ccc(S(N)(=O)=O)cc3)CC2)cc1F. The lowest BCUT2D eigenvalue weighted by Crippen LogP contribution is -2.52. The van der Waals surface area contributed by atoms with Gasteiger partial charge < -0.3 is 10.2 Å². The molecule has 1 aliphatic rings. The highest BCUT2D eigenvalue weighted by molar-refractivity contribution is 7.89. The molecule has 1 heterocycles. The number of hydrogen-bond donors (Lipinski definition) is 2. The number of sulfonamides is 1. The lowest BCUT2D eigenvalue weighted by Gasteiger charge is -2.38. The number of carbonyl (C=O) groups excluding carboxylic acids is 1. The minimum Gasteiger partial charge on any atom is -0.369 e. The van der Waals surface area contributed by atoms with Crippen LogP contribution in [0.4, 0.5) is 15.8 Å². The quantitative estimate of drug-likeness (QED) is 0.771. The largest absolute Gasteiger partial charge is 0.369 e. The molecule has 29 heavy (non-hydrogen) atoms. The van der Waals surface area contributed by atoms with E-state index in [4.69, 9.17) is 5.14 Å². The molecule has 0 aromatic heterocycles. The summed E-state index contributed by atoms with van der Waals surface area (Å²) in [5.41, 5.74) is 1.88. The Kier molecular flexibility index (Phi) is 6.21. The Balaban J connectivity index is 1.56. The molecule has 7 nitrogen and oxygen atoms in total. The van der Waals surface area contributed by atoms with Gasteiger partial charge in [0.05, 0.1) is 10.9 Å². The molecule has 0 saturated carbocycles. The Labute approximate surface area is 170 Å².